The molecule has 0 amide bonds. The van der Waals surface area contributed by atoms with E-state index in [4.69, 9.17) is 0 Å². The van der Waals surface area contributed by atoms with E-state index in [2.05, 4.69) is 6.92 Å². The molecule has 1 nitrogen and oxygen atoms in total. The molecule has 0 aliphatic heterocycles. The van der Waals surface area contributed by atoms with Gasteiger partial charge >= 0.3 is 0 Å². The van der Waals surface area contributed by atoms with Crippen LogP contribution < -0.4 is 0 Å². The Morgan fingerprint density at radius 2 is 1.35 bits per heavy atom. The molecule has 1 heteroatoms. The molecule has 1 aliphatic rings. The van der Waals surface area contributed by atoms with Crippen molar-refractivity contribution in [3.05, 3.63) is 0 Å². The van der Waals surface area contributed by atoms with E-state index < -0.39 is 0 Å². The zero-order valence-electron chi connectivity index (χ0n) is 11.8. The maximum atomic E-state index is 11.8. The minimum absolute atomic E-state index is 0.361. The molecule has 0 spiro atoms. The predicted octanol–water partition coefficient (Wildman–Crippen LogP) is 5.13. The number of Topliss-reactive ketones (excluding diaryl/α,β-unsaturated/α-hetero) is 1. The largest absolute Gasteiger partial charge is 0.300 e. The second-order valence-electron chi connectivity index (χ2n) is 5.79. The second-order valence-corrected chi connectivity index (χ2v) is 5.79. The smallest absolute Gasteiger partial charge is 0.133 e. The summed E-state index contributed by atoms with van der Waals surface area (Å²) in [5.41, 5.74) is 0. The van der Waals surface area contributed by atoms with Crippen molar-refractivity contribution in [2.75, 3.05) is 0 Å². The number of carbonyl (C=O) groups is 1. The van der Waals surface area contributed by atoms with Gasteiger partial charge in [0.15, 0.2) is 0 Å². The monoisotopic (exact) mass is 238 g/mol. The first kappa shape index (κ1) is 14.7. The van der Waals surface area contributed by atoms with Crippen LogP contribution in [0.4, 0.5) is 0 Å². The average Bonchev–Trinajstić information content (AvgIpc) is 2.29. The molecule has 1 saturated carbocycles. The highest BCUT2D eigenvalue weighted by molar-refractivity contribution is 5.78. The number of ketones is 1. The van der Waals surface area contributed by atoms with Crippen LogP contribution in [-0.4, -0.2) is 5.78 Å². The fourth-order valence-corrected chi connectivity index (χ4v) is 3.29. The highest BCUT2D eigenvalue weighted by Crippen LogP contribution is 2.29. The van der Waals surface area contributed by atoms with Crippen molar-refractivity contribution < 1.29 is 4.79 Å². The molecule has 0 radical (unpaired) electrons. The van der Waals surface area contributed by atoms with Gasteiger partial charge in [-0.05, 0) is 25.7 Å². The van der Waals surface area contributed by atoms with Crippen LogP contribution in [0.5, 0.6) is 0 Å². The summed E-state index contributed by atoms with van der Waals surface area (Å²) in [5, 5.41) is 0. The van der Waals surface area contributed by atoms with Crippen LogP contribution in [0.25, 0.3) is 0 Å². The van der Waals surface area contributed by atoms with Crippen molar-refractivity contribution in [2.45, 2.75) is 84.5 Å². The van der Waals surface area contributed by atoms with Gasteiger partial charge in [0.1, 0.15) is 5.78 Å². The van der Waals surface area contributed by atoms with Crippen molar-refractivity contribution in [3.63, 3.8) is 0 Å². The summed E-state index contributed by atoms with van der Waals surface area (Å²) in [6, 6.07) is 0. The molecule has 0 bridgehead atoms. The molecule has 17 heavy (non-hydrogen) atoms. The quantitative estimate of drug-likeness (QED) is 0.651. The molecule has 100 valence electrons. The van der Waals surface area contributed by atoms with Crippen molar-refractivity contribution in [1.29, 1.82) is 0 Å². The Morgan fingerprint density at radius 1 is 0.882 bits per heavy atom. The fourth-order valence-electron chi connectivity index (χ4n) is 3.29. The van der Waals surface area contributed by atoms with Crippen molar-refractivity contribution in [1.82, 2.24) is 0 Å². The maximum Gasteiger partial charge on any atom is 0.133 e. The zero-order chi connectivity index (χ0) is 12.5. The van der Waals surface area contributed by atoms with Crippen LogP contribution >= 0.6 is 0 Å². The number of hydrogen-bond acceptors (Lipinski definition) is 1. The standard InChI is InChI=1S/C16H30O/c1-3-15-12-10-8-6-4-5-7-9-11-13-16(15)14(2)17/h15-16H,3-13H2,1-2H3/t15-,16?/m1/s1. The van der Waals surface area contributed by atoms with E-state index >= 15 is 0 Å². The Kier molecular flexibility index (Phi) is 7.55. The number of rotatable bonds is 2. The summed E-state index contributed by atoms with van der Waals surface area (Å²) in [6.07, 6.45) is 14.5. The van der Waals surface area contributed by atoms with Gasteiger partial charge < -0.3 is 0 Å². The maximum absolute atomic E-state index is 11.8. The minimum atomic E-state index is 0.361. The molecule has 0 saturated heterocycles. The van der Waals surface area contributed by atoms with Crippen LogP contribution in [0.3, 0.4) is 0 Å². The van der Waals surface area contributed by atoms with E-state index in [1.807, 2.05) is 0 Å². The third-order valence-electron chi connectivity index (χ3n) is 4.46. The third kappa shape index (κ3) is 5.70. The van der Waals surface area contributed by atoms with E-state index in [-0.39, 0.29) is 0 Å². The van der Waals surface area contributed by atoms with E-state index in [1.54, 1.807) is 6.92 Å². The fraction of sp³-hybridized carbons (Fsp3) is 0.938. The molecule has 0 aromatic rings. The molecule has 1 unspecified atom stereocenters. The first-order chi connectivity index (χ1) is 8.25. The van der Waals surface area contributed by atoms with Crippen molar-refractivity contribution >= 4 is 5.78 Å². The van der Waals surface area contributed by atoms with Gasteiger partial charge in [-0.15, -0.1) is 0 Å². The Hall–Kier alpha value is -0.330. The highest BCUT2D eigenvalue weighted by atomic mass is 16.1. The summed E-state index contributed by atoms with van der Waals surface area (Å²) >= 11 is 0. The van der Waals surface area contributed by atoms with Crippen LogP contribution in [0, 0.1) is 11.8 Å². The Balaban J connectivity index is 2.51. The second kappa shape index (κ2) is 8.72. The van der Waals surface area contributed by atoms with Gasteiger partial charge in [0, 0.05) is 5.92 Å². The number of carbonyl (C=O) groups excluding carboxylic acids is 1. The number of hydrogen-bond donors (Lipinski definition) is 0. The van der Waals surface area contributed by atoms with Gasteiger partial charge in [-0.3, -0.25) is 4.79 Å². The molecule has 1 rings (SSSR count). The van der Waals surface area contributed by atoms with E-state index in [1.165, 1.54) is 64.2 Å². The van der Waals surface area contributed by atoms with Gasteiger partial charge in [0.25, 0.3) is 0 Å². The summed E-state index contributed by atoms with van der Waals surface area (Å²) in [4.78, 5) is 11.8. The summed E-state index contributed by atoms with van der Waals surface area (Å²) in [6.45, 7) is 4.06. The average molecular weight is 238 g/mol. The summed E-state index contributed by atoms with van der Waals surface area (Å²) in [5.74, 6) is 1.46. The van der Waals surface area contributed by atoms with Crippen LogP contribution in [0.1, 0.15) is 84.5 Å². The van der Waals surface area contributed by atoms with Gasteiger partial charge in [0.05, 0.1) is 0 Å². The van der Waals surface area contributed by atoms with Gasteiger partial charge in [-0.2, -0.15) is 0 Å². The summed E-state index contributed by atoms with van der Waals surface area (Å²) in [7, 11) is 0. The van der Waals surface area contributed by atoms with Gasteiger partial charge in [-0.1, -0.05) is 64.7 Å². The molecule has 2 atom stereocenters. The molecule has 1 aliphatic carbocycles. The molecule has 0 N–H and O–H groups in total. The normalized spacial score (nSPS) is 29.1. The highest BCUT2D eigenvalue weighted by Gasteiger charge is 2.23. The van der Waals surface area contributed by atoms with Gasteiger partial charge in [0.2, 0.25) is 0 Å². The van der Waals surface area contributed by atoms with Crippen LogP contribution in [0.2, 0.25) is 0 Å². The first-order valence-corrected chi connectivity index (χ1v) is 7.76. The topological polar surface area (TPSA) is 17.1 Å². The molecular weight excluding hydrogens is 208 g/mol. The Labute approximate surface area is 107 Å². The SMILES string of the molecule is CC[C@@H]1CCCCCCCCCCC1C(C)=O. The summed E-state index contributed by atoms with van der Waals surface area (Å²) < 4.78 is 0. The zero-order valence-corrected chi connectivity index (χ0v) is 11.8. The molecule has 0 aromatic carbocycles. The molecular formula is C16H30O. The van der Waals surface area contributed by atoms with Crippen LogP contribution in [-0.2, 0) is 4.79 Å². The Morgan fingerprint density at radius 3 is 1.82 bits per heavy atom. The molecule has 0 heterocycles. The van der Waals surface area contributed by atoms with E-state index in [0.29, 0.717) is 17.6 Å². The minimum Gasteiger partial charge on any atom is -0.300 e. The van der Waals surface area contributed by atoms with Crippen molar-refractivity contribution in [3.8, 4) is 0 Å². The van der Waals surface area contributed by atoms with E-state index in [0.717, 1.165) is 6.42 Å². The van der Waals surface area contributed by atoms with Crippen molar-refractivity contribution in [2.24, 2.45) is 11.8 Å². The van der Waals surface area contributed by atoms with Gasteiger partial charge in [-0.25, -0.2) is 0 Å². The lowest BCUT2D eigenvalue weighted by Gasteiger charge is -2.24. The molecule has 0 aromatic heterocycles. The Bertz CT molecular complexity index is 210. The lowest BCUT2D eigenvalue weighted by Crippen LogP contribution is -2.21. The molecule has 1 fully saturated rings. The lowest BCUT2D eigenvalue weighted by molar-refractivity contribution is -0.122. The first-order valence-electron chi connectivity index (χ1n) is 7.76. The lowest BCUT2D eigenvalue weighted by atomic mass is 9.80. The third-order valence-corrected chi connectivity index (χ3v) is 4.46. The predicted molar refractivity (Wildman–Crippen MR) is 74.1 cm³/mol. The van der Waals surface area contributed by atoms with E-state index in [9.17, 15) is 4.79 Å². The van der Waals surface area contributed by atoms with Crippen LogP contribution in [0.15, 0.2) is 0 Å².